The highest BCUT2D eigenvalue weighted by molar-refractivity contribution is 5.97. The van der Waals surface area contributed by atoms with Crippen molar-refractivity contribution in [2.24, 2.45) is 5.92 Å². The van der Waals surface area contributed by atoms with Crippen LogP contribution in [0, 0.1) is 11.7 Å². The fraction of sp³-hybridized carbons (Fsp3) is 0.250. The average molecular weight is 323 g/mol. The molecule has 3 nitrogen and oxygen atoms in total. The second-order valence-electron chi connectivity index (χ2n) is 6.29. The number of methoxy groups -OCH3 is 1. The summed E-state index contributed by atoms with van der Waals surface area (Å²) in [6, 6.07) is 12.3. The summed E-state index contributed by atoms with van der Waals surface area (Å²) < 4.78 is 18.6. The van der Waals surface area contributed by atoms with Gasteiger partial charge in [0.25, 0.3) is 0 Å². The minimum absolute atomic E-state index is 0.0426. The van der Waals surface area contributed by atoms with E-state index in [-0.39, 0.29) is 23.7 Å². The molecule has 0 unspecified atom stereocenters. The van der Waals surface area contributed by atoms with E-state index >= 15 is 0 Å². The number of allylic oxidation sites excluding steroid dienone is 2. The molecule has 0 saturated heterocycles. The van der Waals surface area contributed by atoms with Crippen molar-refractivity contribution in [2.45, 2.75) is 18.4 Å². The third-order valence-corrected chi connectivity index (χ3v) is 5.01. The van der Waals surface area contributed by atoms with Gasteiger partial charge in [0, 0.05) is 5.92 Å². The standard InChI is InChI=1S/C20H18FNO2/c1-24-20(23)17-10-4-9-16-14-7-3-8-15(14)18(22-19(16)17)12-5-2-6-13(21)11-12/h2-7,9-11,14-15,18,22H,8H2,1H3/t14-,15-,18-/m1/s1. The average Bonchev–Trinajstić information content (AvgIpc) is 3.09. The Morgan fingerprint density at radius 1 is 1.25 bits per heavy atom. The van der Waals surface area contributed by atoms with E-state index in [9.17, 15) is 9.18 Å². The molecule has 2 aliphatic rings. The van der Waals surface area contributed by atoms with Crippen LogP contribution in [0.25, 0.3) is 0 Å². The van der Waals surface area contributed by atoms with E-state index in [1.54, 1.807) is 18.2 Å². The number of esters is 1. The molecule has 0 bridgehead atoms. The van der Waals surface area contributed by atoms with E-state index in [4.69, 9.17) is 4.74 Å². The molecule has 1 N–H and O–H groups in total. The van der Waals surface area contributed by atoms with Crippen LogP contribution in [0.1, 0.15) is 39.9 Å². The van der Waals surface area contributed by atoms with Crippen molar-refractivity contribution in [2.75, 3.05) is 12.4 Å². The lowest BCUT2D eigenvalue weighted by molar-refractivity contribution is 0.0601. The Kier molecular flexibility index (Phi) is 3.60. The topological polar surface area (TPSA) is 38.3 Å². The normalized spacial score (nSPS) is 24.0. The van der Waals surface area contributed by atoms with Crippen LogP contribution in [0.2, 0.25) is 0 Å². The molecule has 4 rings (SSSR count). The highest BCUT2D eigenvalue weighted by Gasteiger charge is 2.39. The van der Waals surface area contributed by atoms with E-state index in [0.717, 1.165) is 23.2 Å². The second kappa shape index (κ2) is 5.78. The molecule has 4 heteroatoms. The summed E-state index contributed by atoms with van der Waals surface area (Å²) in [5.41, 5.74) is 3.32. The zero-order chi connectivity index (χ0) is 16.7. The Hall–Kier alpha value is -2.62. The van der Waals surface area contributed by atoms with Crippen LogP contribution in [-0.2, 0) is 4.74 Å². The number of hydrogen-bond acceptors (Lipinski definition) is 3. The molecule has 0 aromatic heterocycles. The molecule has 2 aromatic rings. The van der Waals surface area contributed by atoms with Gasteiger partial charge in [-0.1, -0.05) is 36.4 Å². The first-order valence-corrected chi connectivity index (χ1v) is 8.09. The lowest BCUT2D eigenvalue weighted by Crippen LogP contribution is -2.30. The third kappa shape index (κ3) is 2.30. The fourth-order valence-corrected chi connectivity index (χ4v) is 3.93. The van der Waals surface area contributed by atoms with Crippen LogP contribution in [-0.4, -0.2) is 13.1 Å². The highest BCUT2D eigenvalue weighted by atomic mass is 19.1. The summed E-state index contributed by atoms with van der Waals surface area (Å²) in [6.07, 6.45) is 5.29. The number of halogens is 1. The van der Waals surface area contributed by atoms with Gasteiger partial charge in [-0.15, -0.1) is 0 Å². The molecule has 2 aromatic carbocycles. The quantitative estimate of drug-likeness (QED) is 0.656. The molecule has 3 atom stereocenters. The number of para-hydroxylation sites is 1. The second-order valence-corrected chi connectivity index (χ2v) is 6.29. The van der Waals surface area contributed by atoms with E-state index in [1.807, 2.05) is 18.2 Å². The van der Waals surface area contributed by atoms with Crippen molar-refractivity contribution in [1.82, 2.24) is 0 Å². The molecular weight excluding hydrogens is 305 g/mol. The Bertz CT molecular complexity index is 830. The van der Waals surface area contributed by atoms with Crippen LogP contribution in [0.4, 0.5) is 10.1 Å². The predicted molar refractivity (Wildman–Crippen MR) is 90.5 cm³/mol. The van der Waals surface area contributed by atoms with Crippen LogP contribution >= 0.6 is 0 Å². The maximum absolute atomic E-state index is 13.7. The Labute approximate surface area is 140 Å². The fourth-order valence-electron chi connectivity index (χ4n) is 3.93. The summed E-state index contributed by atoms with van der Waals surface area (Å²) in [6.45, 7) is 0. The number of hydrogen-bond donors (Lipinski definition) is 1. The van der Waals surface area contributed by atoms with Crippen molar-refractivity contribution in [3.05, 3.63) is 77.1 Å². The van der Waals surface area contributed by atoms with E-state index in [1.165, 1.54) is 13.2 Å². The number of rotatable bonds is 2. The first kappa shape index (κ1) is 14.9. The Morgan fingerprint density at radius 3 is 2.88 bits per heavy atom. The molecule has 122 valence electrons. The molecule has 1 aliphatic heterocycles. The molecular formula is C20H18FNO2. The lowest BCUT2D eigenvalue weighted by atomic mass is 9.76. The van der Waals surface area contributed by atoms with Crippen molar-refractivity contribution >= 4 is 11.7 Å². The van der Waals surface area contributed by atoms with Gasteiger partial charge >= 0.3 is 5.97 Å². The zero-order valence-electron chi connectivity index (χ0n) is 13.3. The van der Waals surface area contributed by atoms with E-state index in [2.05, 4.69) is 17.5 Å². The van der Waals surface area contributed by atoms with Crippen molar-refractivity contribution < 1.29 is 13.9 Å². The summed E-state index contributed by atoms with van der Waals surface area (Å²) >= 11 is 0. The Balaban J connectivity index is 1.84. The van der Waals surface area contributed by atoms with Gasteiger partial charge in [0.1, 0.15) is 5.82 Å². The number of benzene rings is 2. The van der Waals surface area contributed by atoms with Gasteiger partial charge in [-0.05, 0) is 41.7 Å². The molecule has 0 spiro atoms. The van der Waals surface area contributed by atoms with Gasteiger partial charge < -0.3 is 10.1 Å². The summed E-state index contributed by atoms with van der Waals surface area (Å²) in [7, 11) is 1.38. The van der Waals surface area contributed by atoms with Crippen LogP contribution < -0.4 is 5.32 Å². The first-order chi connectivity index (χ1) is 11.7. The van der Waals surface area contributed by atoms with Crippen LogP contribution in [0.15, 0.2) is 54.6 Å². The first-order valence-electron chi connectivity index (χ1n) is 8.09. The molecule has 0 radical (unpaired) electrons. The largest absolute Gasteiger partial charge is 0.465 e. The lowest BCUT2D eigenvalue weighted by Gasteiger charge is -2.38. The van der Waals surface area contributed by atoms with Gasteiger partial charge in [0.15, 0.2) is 0 Å². The summed E-state index contributed by atoms with van der Waals surface area (Å²) in [5, 5.41) is 3.49. The van der Waals surface area contributed by atoms with Gasteiger partial charge in [-0.25, -0.2) is 9.18 Å². The van der Waals surface area contributed by atoms with Crippen molar-refractivity contribution in [3.63, 3.8) is 0 Å². The molecule has 0 saturated carbocycles. The number of nitrogens with one attached hydrogen (secondary N) is 1. The van der Waals surface area contributed by atoms with Crippen molar-refractivity contribution in [3.8, 4) is 0 Å². The minimum Gasteiger partial charge on any atom is -0.465 e. The molecule has 0 fully saturated rings. The minimum atomic E-state index is -0.363. The molecule has 24 heavy (non-hydrogen) atoms. The maximum Gasteiger partial charge on any atom is 0.339 e. The zero-order valence-corrected chi connectivity index (χ0v) is 13.3. The maximum atomic E-state index is 13.7. The number of carbonyl (C=O) groups excluding carboxylic acids is 1. The number of anilines is 1. The van der Waals surface area contributed by atoms with Gasteiger partial charge in [-0.2, -0.15) is 0 Å². The summed E-state index contributed by atoms with van der Waals surface area (Å²) in [4.78, 5) is 12.1. The monoisotopic (exact) mass is 323 g/mol. The third-order valence-electron chi connectivity index (χ3n) is 5.01. The summed E-state index contributed by atoms with van der Waals surface area (Å²) in [5.74, 6) is -0.0760. The number of ether oxygens (including phenoxy) is 1. The molecule has 1 heterocycles. The van der Waals surface area contributed by atoms with E-state index in [0.29, 0.717) is 11.5 Å². The Morgan fingerprint density at radius 2 is 2.08 bits per heavy atom. The highest BCUT2D eigenvalue weighted by Crippen LogP contribution is 2.50. The predicted octanol–water partition coefficient (Wildman–Crippen LogP) is 4.44. The van der Waals surface area contributed by atoms with Gasteiger partial charge in [-0.3, -0.25) is 0 Å². The van der Waals surface area contributed by atoms with Gasteiger partial charge in [0.2, 0.25) is 0 Å². The van der Waals surface area contributed by atoms with Crippen molar-refractivity contribution in [1.29, 1.82) is 0 Å². The smallest absolute Gasteiger partial charge is 0.339 e. The van der Waals surface area contributed by atoms with E-state index < -0.39 is 0 Å². The molecule has 0 amide bonds. The van der Waals surface area contributed by atoms with Gasteiger partial charge in [0.05, 0.1) is 24.4 Å². The number of carbonyl (C=O) groups is 1. The van der Waals surface area contributed by atoms with Crippen LogP contribution in [0.5, 0.6) is 0 Å². The SMILES string of the molecule is COC(=O)c1cccc2c1N[C@H](c1cccc(F)c1)[C@@H]1CC=C[C@@H]21. The number of fused-ring (bicyclic) bond motifs is 3. The molecule has 1 aliphatic carbocycles. The van der Waals surface area contributed by atoms with Crippen LogP contribution in [0.3, 0.4) is 0 Å².